The summed E-state index contributed by atoms with van der Waals surface area (Å²) < 4.78 is 14.0. The first-order valence-corrected chi connectivity index (χ1v) is 4.97. The lowest BCUT2D eigenvalue weighted by Gasteiger charge is -2.02. The Hall–Kier alpha value is -1.60. The van der Waals surface area contributed by atoms with Gasteiger partial charge in [-0.1, -0.05) is 0 Å². The van der Waals surface area contributed by atoms with Gasteiger partial charge in [-0.3, -0.25) is 0 Å². The first-order chi connectivity index (χ1) is 7.17. The number of rotatable bonds is 2. The SMILES string of the molecule is N#CC(C#N)=CNc1ccc(I)cc1F. The largest absolute Gasteiger partial charge is 0.357 e. The highest BCUT2D eigenvalue weighted by Gasteiger charge is 2.00. The van der Waals surface area contributed by atoms with Crippen molar-refractivity contribution in [3.8, 4) is 12.1 Å². The van der Waals surface area contributed by atoms with Gasteiger partial charge >= 0.3 is 0 Å². The van der Waals surface area contributed by atoms with Gasteiger partial charge in [-0.2, -0.15) is 10.5 Å². The van der Waals surface area contributed by atoms with Crippen molar-refractivity contribution in [3.63, 3.8) is 0 Å². The molecule has 0 unspecified atom stereocenters. The van der Waals surface area contributed by atoms with Crippen LogP contribution in [0.1, 0.15) is 0 Å². The van der Waals surface area contributed by atoms with Gasteiger partial charge in [0.2, 0.25) is 0 Å². The van der Waals surface area contributed by atoms with Crippen LogP contribution >= 0.6 is 22.6 Å². The zero-order chi connectivity index (χ0) is 11.3. The van der Waals surface area contributed by atoms with E-state index in [-0.39, 0.29) is 11.3 Å². The second-order valence-electron chi connectivity index (χ2n) is 2.55. The van der Waals surface area contributed by atoms with Crippen molar-refractivity contribution in [1.82, 2.24) is 0 Å². The Balaban J connectivity index is 2.89. The van der Waals surface area contributed by atoms with E-state index < -0.39 is 5.82 Å². The third-order valence-electron chi connectivity index (χ3n) is 1.54. The van der Waals surface area contributed by atoms with Crippen molar-refractivity contribution in [2.75, 3.05) is 5.32 Å². The van der Waals surface area contributed by atoms with Crippen molar-refractivity contribution >= 4 is 28.3 Å². The molecule has 0 aromatic heterocycles. The molecule has 0 saturated carbocycles. The summed E-state index contributed by atoms with van der Waals surface area (Å²) in [7, 11) is 0. The molecule has 1 aromatic carbocycles. The molecule has 1 aromatic rings. The number of benzene rings is 1. The molecule has 0 spiro atoms. The molecular weight excluding hydrogens is 308 g/mol. The lowest BCUT2D eigenvalue weighted by molar-refractivity contribution is 0.631. The van der Waals surface area contributed by atoms with Gasteiger partial charge in [0.1, 0.15) is 23.5 Å². The van der Waals surface area contributed by atoms with Gasteiger partial charge in [0.05, 0.1) is 5.69 Å². The summed E-state index contributed by atoms with van der Waals surface area (Å²) in [6.45, 7) is 0. The predicted molar refractivity (Wildman–Crippen MR) is 62.0 cm³/mol. The molecule has 0 heterocycles. The summed E-state index contributed by atoms with van der Waals surface area (Å²) in [5.74, 6) is -0.423. The highest BCUT2D eigenvalue weighted by molar-refractivity contribution is 14.1. The summed E-state index contributed by atoms with van der Waals surface area (Å²) in [5.41, 5.74) is 0.131. The van der Waals surface area contributed by atoms with E-state index in [0.717, 1.165) is 3.57 Å². The van der Waals surface area contributed by atoms with E-state index in [2.05, 4.69) is 5.32 Å². The summed E-state index contributed by atoms with van der Waals surface area (Å²) in [6.07, 6.45) is 1.17. The topological polar surface area (TPSA) is 59.6 Å². The summed E-state index contributed by atoms with van der Waals surface area (Å²) in [6, 6.07) is 7.95. The van der Waals surface area contributed by atoms with Gasteiger partial charge in [-0.25, -0.2) is 4.39 Å². The molecule has 1 N–H and O–H groups in total. The molecule has 5 heteroatoms. The molecule has 0 aliphatic rings. The number of nitriles is 2. The molecular formula is C10H5FIN3. The van der Waals surface area contributed by atoms with Gasteiger partial charge < -0.3 is 5.32 Å². The van der Waals surface area contributed by atoms with E-state index in [1.165, 1.54) is 12.3 Å². The average Bonchev–Trinajstić information content (AvgIpc) is 2.22. The van der Waals surface area contributed by atoms with Crippen LogP contribution in [0.25, 0.3) is 0 Å². The molecule has 0 amide bonds. The fourth-order valence-electron chi connectivity index (χ4n) is 0.846. The number of halogens is 2. The van der Waals surface area contributed by atoms with E-state index in [0.29, 0.717) is 0 Å². The second-order valence-corrected chi connectivity index (χ2v) is 3.80. The zero-order valence-electron chi connectivity index (χ0n) is 7.46. The van der Waals surface area contributed by atoms with Gasteiger partial charge in [0.15, 0.2) is 0 Å². The monoisotopic (exact) mass is 313 g/mol. The van der Waals surface area contributed by atoms with E-state index >= 15 is 0 Å². The molecule has 0 saturated heterocycles. The van der Waals surface area contributed by atoms with Crippen LogP contribution < -0.4 is 5.32 Å². The molecule has 0 aliphatic carbocycles. The molecule has 0 fully saturated rings. The van der Waals surface area contributed by atoms with E-state index in [1.54, 1.807) is 24.3 Å². The standard InChI is InChI=1S/C10H5FIN3/c11-9-3-8(12)1-2-10(9)15-6-7(4-13)5-14/h1-3,6,15H. The van der Waals surface area contributed by atoms with Crippen LogP contribution in [0.3, 0.4) is 0 Å². The van der Waals surface area contributed by atoms with Gasteiger partial charge in [-0.05, 0) is 40.8 Å². The Morgan fingerprint density at radius 3 is 2.60 bits per heavy atom. The fraction of sp³-hybridized carbons (Fsp3) is 0. The van der Waals surface area contributed by atoms with Crippen molar-refractivity contribution in [2.45, 2.75) is 0 Å². The minimum absolute atomic E-state index is 0.104. The van der Waals surface area contributed by atoms with Crippen molar-refractivity contribution in [1.29, 1.82) is 10.5 Å². The van der Waals surface area contributed by atoms with Crippen molar-refractivity contribution in [2.24, 2.45) is 0 Å². The van der Waals surface area contributed by atoms with Crippen LogP contribution in [0.5, 0.6) is 0 Å². The average molecular weight is 313 g/mol. The van der Waals surface area contributed by atoms with Crippen LogP contribution in [-0.2, 0) is 0 Å². The lowest BCUT2D eigenvalue weighted by Crippen LogP contribution is -1.93. The maximum Gasteiger partial charge on any atom is 0.147 e. The van der Waals surface area contributed by atoms with Crippen LogP contribution in [0.2, 0.25) is 0 Å². The Morgan fingerprint density at radius 2 is 2.07 bits per heavy atom. The molecule has 0 radical (unpaired) electrons. The molecule has 0 bridgehead atoms. The third-order valence-corrected chi connectivity index (χ3v) is 2.22. The van der Waals surface area contributed by atoms with Crippen LogP contribution in [0.4, 0.5) is 10.1 Å². The van der Waals surface area contributed by atoms with E-state index in [4.69, 9.17) is 10.5 Å². The van der Waals surface area contributed by atoms with Gasteiger partial charge in [0, 0.05) is 9.77 Å². The molecule has 1 rings (SSSR count). The van der Waals surface area contributed by atoms with Crippen LogP contribution in [0, 0.1) is 32.0 Å². The van der Waals surface area contributed by atoms with E-state index in [1.807, 2.05) is 22.6 Å². The van der Waals surface area contributed by atoms with Crippen LogP contribution in [0.15, 0.2) is 30.0 Å². The Bertz CT molecular complexity index is 466. The maximum atomic E-state index is 13.2. The minimum atomic E-state index is -0.423. The van der Waals surface area contributed by atoms with E-state index in [9.17, 15) is 4.39 Å². The Labute approximate surface area is 100.0 Å². The smallest absolute Gasteiger partial charge is 0.147 e. The van der Waals surface area contributed by atoms with Gasteiger partial charge in [-0.15, -0.1) is 0 Å². The Morgan fingerprint density at radius 1 is 1.40 bits per heavy atom. The normalized spacial score (nSPS) is 8.53. The highest BCUT2D eigenvalue weighted by Crippen LogP contribution is 2.17. The fourth-order valence-corrected chi connectivity index (χ4v) is 1.30. The number of nitrogens with one attached hydrogen (secondary N) is 1. The summed E-state index contributed by atoms with van der Waals surface area (Å²) in [4.78, 5) is 0. The number of allylic oxidation sites excluding steroid dienone is 1. The Kier molecular flexibility index (Phi) is 4.07. The first-order valence-electron chi connectivity index (χ1n) is 3.89. The quantitative estimate of drug-likeness (QED) is 0.675. The second kappa shape index (κ2) is 5.32. The molecule has 0 atom stereocenters. The van der Waals surface area contributed by atoms with Crippen LogP contribution in [-0.4, -0.2) is 0 Å². The third kappa shape index (κ3) is 3.22. The number of nitrogens with zero attached hydrogens (tertiary/aromatic N) is 2. The molecule has 74 valence electrons. The summed E-state index contributed by atoms with van der Waals surface area (Å²) >= 11 is 1.99. The lowest BCUT2D eigenvalue weighted by atomic mass is 10.3. The molecule has 3 nitrogen and oxygen atoms in total. The number of hydrogen-bond donors (Lipinski definition) is 1. The maximum absolute atomic E-state index is 13.2. The molecule has 0 aliphatic heterocycles. The summed E-state index contributed by atoms with van der Waals surface area (Å²) in [5, 5.41) is 19.4. The number of hydrogen-bond acceptors (Lipinski definition) is 3. The minimum Gasteiger partial charge on any atom is -0.357 e. The molecule has 15 heavy (non-hydrogen) atoms. The van der Waals surface area contributed by atoms with Gasteiger partial charge in [0.25, 0.3) is 0 Å². The van der Waals surface area contributed by atoms with Crippen molar-refractivity contribution < 1.29 is 4.39 Å². The number of anilines is 1. The predicted octanol–water partition coefficient (Wildman–Crippen LogP) is 2.77. The van der Waals surface area contributed by atoms with Crippen molar-refractivity contribution in [3.05, 3.63) is 39.4 Å². The first kappa shape index (κ1) is 11.5. The zero-order valence-corrected chi connectivity index (χ0v) is 9.62. The highest BCUT2D eigenvalue weighted by atomic mass is 127.